The van der Waals surface area contributed by atoms with Gasteiger partial charge in [0.2, 0.25) is 0 Å². The van der Waals surface area contributed by atoms with Crippen molar-refractivity contribution in [3.8, 4) is 11.1 Å². The van der Waals surface area contributed by atoms with Crippen LogP contribution in [0.25, 0.3) is 21.2 Å². The van der Waals surface area contributed by atoms with Gasteiger partial charge in [0.25, 0.3) is 11.8 Å². The summed E-state index contributed by atoms with van der Waals surface area (Å²) in [5.41, 5.74) is 0.344. The molecule has 1 atom stereocenters. The average Bonchev–Trinajstić information content (AvgIpc) is 3.66. The lowest BCUT2D eigenvalue weighted by Crippen LogP contribution is -2.62. The zero-order chi connectivity index (χ0) is 27.3. The fraction of sp³-hybridized carbons (Fsp3) is 0.296. The van der Waals surface area contributed by atoms with Crippen LogP contribution in [0.3, 0.4) is 0 Å². The van der Waals surface area contributed by atoms with Gasteiger partial charge in [-0.15, -0.1) is 22.7 Å². The summed E-state index contributed by atoms with van der Waals surface area (Å²) in [6.07, 6.45) is -2.00. The molecule has 1 N–H and O–H groups in total. The Bertz CT molecular complexity index is 1530. The van der Waals surface area contributed by atoms with Gasteiger partial charge < -0.3 is 15.1 Å². The number of benzene rings is 2. The number of hydrogen-bond acceptors (Lipinski definition) is 6. The van der Waals surface area contributed by atoms with E-state index in [1.807, 2.05) is 0 Å². The highest BCUT2D eigenvalue weighted by Gasteiger charge is 2.37. The van der Waals surface area contributed by atoms with E-state index >= 15 is 4.39 Å². The Balaban J connectivity index is 1.08. The fourth-order valence-corrected chi connectivity index (χ4v) is 6.64. The van der Waals surface area contributed by atoms with Gasteiger partial charge >= 0.3 is 6.18 Å². The van der Waals surface area contributed by atoms with Gasteiger partial charge in [0.05, 0.1) is 5.56 Å². The van der Waals surface area contributed by atoms with Crippen LogP contribution >= 0.6 is 22.7 Å². The molecule has 0 radical (unpaired) electrons. The lowest BCUT2D eigenvalue weighted by atomic mass is 10.0. The zero-order valence-electron chi connectivity index (χ0n) is 20.4. The number of likely N-dealkylation sites (tertiary alicyclic amines) is 2. The maximum atomic E-state index is 15.3. The minimum Gasteiger partial charge on any atom is -0.335 e. The van der Waals surface area contributed by atoms with Crippen LogP contribution < -0.4 is 5.32 Å². The number of alkyl halides is 3. The molecule has 12 heteroatoms. The standard InChI is InChI=1S/C27H22F4N4O2S2/c28-22-20-11-16(15-1-4-17(5-2-15)27(29,30)31)3-6-21(20)39-23(22)25(36)35-13-19(14-35)33-18-7-9-34(12-18)26(37)24-32-8-10-38-24/h1-6,8,10-11,18-19,33H,7,9,12-14H2/t18-/m0/s1. The van der Waals surface area contributed by atoms with Crippen molar-refractivity contribution in [3.05, 3.63) is 75.3 Å². The molecule has 0 bridgehead atoms. The smallest absolute Gasteiger partial charge is 0.335 e. The van der Waals surface area contributed by atoms with Gasteiger partial charge in [-0.2, -0.15) is 13.2 Å². The predicted molar refractivity (Wildman–Crippen MR) is 141 cm³/mol. The van der Waals surface area contributed by atoms with Crippen molar-refractivity contribution < 1.29 is 27.2 Å². The molecule has 2 aliphatic rings. The van der Waals surface area contributed by atoms with Crippen LogP contribution in [-0.2, 0) is 6.18 Å². The first-order valence-electron chi connectivity index (χ1n) is 12.3. The number of nitrogens with zero attached hydrogens (tertiary/aromatic N) is 3. The second-order valence-corrected chi connectivity index (χ2v) is 11.6. The minimum absolute atomic E-state index is 0.0223. The van der Waals surface area contributed by atoms with Crippen molar-refractivity contribution in [2.45, 2.75) is 24.7 Å². The SMILES string of the molecule is O=C(c1nccs1)N1CC[C@H](NC2CN(C(=O)c3sc4ccc(-c5ccc(C(F)(F)F)cc5)cc4c3F)C2)C1. The molecule has 202 valence electrons. The summed E-state index contributed by atoms with van der Waals surface area (Å²) >= 11 is 2.39. The average molecular weight is 575 g/mol. The Morgan fingerprint density at radius 2 is 1.67 bits per heavy atom. The highest BCUT2D eigenvalue weighted by molar-refractivity contribution is 7.20. The Labute approximate surface area is 228 Å². The van der Waals surface area contributed by atoms with Crippen molar-refractivity contribution >= 4 is 44.6 Å². The van der Waals surface area contributed by atoms with Crippen molar-refractivity contribution in [1.82, 2.24) is 20.1 Å². The maximum absolute atomic E-state index is 15.3. The second kappa shape index (κ2) is 10.00. The highest BCUT2D eigenvalue weighted by Crippen LogP contribution is 2.36. The summed E-state index contributed by atoms with van der Waals surface area (Å²) in [5.74, 6) is -1.06. The first-order chi connectivity index (χ1) is 18.7. The number of nitrogens with one attached hydrogen (secondary N) is 1. The molecule has 0 spiro atoms. The number of halogens is 4. The van der Waals surface area contributed by atoms with E-state index in [9.17, 15) is 22.8 Å². The van der Waals surface area contributed by atoms with Gasteiger partial charge in [0.15, 0.2) is 10.8 Å². The van der Waals surface area contributed by atoms with Crippen LogP contribution in [0, 0.1) is 5.82 Å². The van der Waals surface area contributed by atoms with E-state index in [4.69, 9.17) is 0 Å². The predicted octanol–water partition coefficient (Wildman–Crippen LogP) is 5.51. The minimum atomic E-state index is -4.43. The van der Waals surface area contributed by atoms with Crippen LogP contribution in [0.1, 0.15) is 31.5 Å². The van der Waals surface area contributed by atoms with Crippen molar-refractivity contribution in [3.63, 3.8) is 0 Å². The van der Waals surface area contributed by atoms with Crippen LogP contribution in [0.5, 0.6) is 0 Å². The largest absolute Gasteiger partial charge is 0.416 e. The molecule has 2 aromatic heterocycles. The number of fused-ring (bicyclic) bond motifs is 1. The molecule has 2 aromatic carbocycles. The zero-order valence-corrected chi connectivity index (χ0v) is 22.0. The molecule has 4 aromatic rings. The van der Waals surface area contributed by atoms with E-state index in [-0.39, 0.29) is 34.2 Å². The van der Waals surface area contributed by atoms with Gasteiger partial charge in [-0.1, -0.05) is 18.2 Å². The highest BCUT2D eigenvalue weighted by atomic mass is 32.1. The number of thiazole rings is 1. The third-order valence-electron chi connectivity index (χ3n) is 7.10. The van der Waals surface area contributed by atoms with Gasteiger partial charge in [0, 0.05) is 59.9 Å². The number of amides is 2. The molecule has 6 rings (SSSR count). The molecular formula is C27H22F4N4O2S2. The van der Waals surface area contributed by atoms with E-state index in [2.05, 4.69) is 10.3 Å². The van der Waals surface area contributed by atoms with Crippen LogP contribution in [0.15, 0.2) is 54.0 Å². The van der Waals surface area contributed by atoms with Crippen molar-refractivity contribution in [1.29, 1.82) is 0 Å². The Morgan fingerprint density at radius 3 is 2.36 bits per heavy atom. The Morgan fingerprint density at radius 1 is 0.949 bits per heavy atom. The van der Waals surface area contributed by atoms with E-state index in [1.54, 1.807) is 39.6 Å². The number of thiophene rings is 1. The topological polar surface area (TPSA) is 65.5 Å². The van der Waals surface area contributed by atoms with Gasteiger partial charge in [-0.25, -0.2) is 9.37 Å². The van der Waals surface area contributed by atoms with Crippen LogP contribution in [-0.4, -0.2) is 64.9 Å². The number of carbonyl (C=O) groups is 2. The molecular weight excluding hydrogens is 552 g/mol. The summed E-state index contributed by atoms with van der Waals surface area (Å²) in [5, 5.41) is 6.02. The Hall–Kier alpha value is -3.35. The lowest BCUT2D eigenvalue weighted by Gasteiger charge is -2.40. The van der Waals surface area contributed by atoms with E-state index in [0.29, 0.717) is 47.0 Å². The summed E-state index contributed by atoms with van der Waals surface area (Å²) in [6, 6.07) is 9.86. The number of rotatable bonds is 5. The van der Waals surface area contributed by atoms with E-state index in [0.717, 1.165) is 29.9 Å². The number of hydrogen-bond donors (Lipinski definition) is 1. The van der Waals surface area contributed by atoms with Gasteiger partial charge in [0.1, 0.15) is 4.88 Å². The van der Waals surface area contributed by atoms with E-state index < -0.39 is 17.6 Å². The van der Waals surface area contributed by atoms with Crippen molar-refractivity contribution in [2.24, 2.45) is 0 Å². The molecule has 0 saturated carbocycles. The molecule has 2 fully saturated rings. The van der Waals surface area contributed by atoms with E-state index in [1.165, 1.54) is 23.5 Å². The van der Waals surface area contributed by atoms with Gasteiger partial charge in [-0.3, -0.25) is 9.59 Å². The quantitative estimate of drug-likeness (QED) is 0.319. The number of aromatic nitrogens is 1. The molecule has 2 aliphatic heterocycles. The summed E-state index contributed by atoms with van der Waals surface area (Å²) in [6.45, 7) is 2.11. The summed E-state index contributed by atoms with van der Waals surface area (Å²) in [4.78, 5) is 33.0. The molecule has 2 amide bonds. The third-order valence-corrected chi connectivity index (χ3v) is 8.99. The Kier molecular flexibility index (Phi) is 6.64. The summed E-state index contributed by atoms with van der Waals surface area (Å²) < 4.78 is 54.6. The van der Waals surface area contributed by atoms with Crippen molar-refractivity contribution in [2.75, 3.05) is 26.2 Å². The molecule has 6 nitrogen and oxygen atoms in total. The second-order valence-electron chi connectivity index (χ2n) is 9.68. The normalized spacial score (nSPS) is 18.1. The monoisotopic (exact) mass is 574 g/mol. The van der Waals surface area contributed by atoms with Crippen LogP contribution in [0.2, 0.25) is 0 Å². The third kappa shape index (κ3) is 5.04. The maximum Gasteiger partial charge on any atom is 0.416 e. The van der Waals surface area contributed by atoms with Crippen LogP contribution in [0.4, 0.5) is 17.6 Å². The molecule has 0 unspecified atom stereocenters. The molecule has 4 heterocycles. The fourth-order valence-electron chi connectivity index (χ4n) is 5.01. The molecule has 0 aliphatic carbocycles. The first kappa shape index (κ1) is 25.9. The first-order valence-corrected chi connectivity index (χ1v) is 14.0. The molecule has 2 saturated heterocycles. The van der Waals surface area contributed by atoms with Gasteiger partial charge in [-0.05, 0) is 41.8 Å². The lowest BCUT2D eigenvalue weighted by molar-refractivity contribution is -0.137. The number of carbonyl (C=O) groups excluding carboxylic acids is 2. The molecule has 39 heavy (non-hydrogen) atoms. The summed E-state index contributed by atoms with van der Waals surface area (Å²) in [7, 11) is 0.